The van der Waals surface area contributed by atoms with Gasteiger partial charge in [-0.2, -0.15) is 0 Å². The zero-order chi connectivity index (χ0) is 18.4. The molecule has 0 bridgehead atoms. The molecule has 2 heterocycles. The van der Waals surface area contributed by atoms with E-state index in [2.05, 4.69) is 21.4 Å². The van der Waals surface area contributed by atoms with Gasteiger partial charge in [0.15, 0.2) is 5.13 Å². The molecule has 0 aliphatic carbocycles. The van der Waals surface area contributed by atoms with Gasteiger partial charge in [0.25, 0.3) is 0 Å². The highest BCUT2D eigenvalue weighted by molar-refractivity contribution is 7.18. The minimum Gasteiger partial charge on any atom is -0.466 e. The third-order valence-corrected chi connectivity index (χ3v) is 5.46. The van der Waals surface area contributed by atoms with Crippen LogP contribution >= 0.6 is 22.7 Å². The van der Waals surface area contributed by atoms with Crippen LogP contribution in [0.2, 0.25) is 0 Å². The van der Waals surface area contributed by atoms with Crippen LogP contribution in [0.3, 0.4) is 0 Å². The molecule has 136 valence electrons. The van der Waals surface area contributed by atoms with E-state index in [1.807, 2.05) is 18.2 Å². The number of carbonyl (C=O) groups is 2. The molecular weight excluding hydrogens is 370 g/mol. The fraction of sp³-hybridized carbons (Fsp3) is 0.333. The molecule has 0 aliphatic heterocycles. The molecule has 0 fully saturated rings. The van der Waals surface area contributed by atoms with Gasteiger partial charge in [0, 0.05) is 11.8 Å². The Kier molecular flexibility index (Phi) is 6.30. The number of para-hydroxylation sites is 1. The molecule has 6 nitrogen and oxygen atoms in total. The molecule has 1 aromatic carbocycles. The number of amides is 1. The minimum atomic E-state index is -0.313. The van der Waals surface area contributed by atoms with E-state index in [9.17, 15) is 9.59 Å². The van der Waals surface area contributed by atoms with Crippen molar-refractivity contribution in [1.29, 1.82) is 0 Å². The number of anilines is 1. The first-order valence-corrected chi connectivity index (χ1v) is 10.1. The molecule has 0 spiro atoms. The van der Waals surface area contributed by atoms with Crippen molar-refractivity contribution in [2.45, 2.75) is 32.6 Å². The van der Waals surface area contributed by atoms with Crippen molar-refractivity contribution in [2.24, 2.45) is 0 Å². The molecule has 0 atom stereocenters. The number of nitrogens with one attached hydrogen (secondary N) is 1. The fourth-order valence-corrected chi connectivity index (χ4v) is 4.15. The third-order valence-electron chi connectivity index (χ3n) is 3.56. The smallest absolute Gasteiger partial charge is 0.311 e. The van der Waals surface area contributed by atoms with Gasteiger partial charge in [-0.15, -0.1) is 22.7 Å². The maximum atomic E-state index is 12.1. The average molecular weight is 390 g/mol. The van der Waals surface area contributed by atoms with Crippen LogP contribution in [0.1, 0.15) is 30.5 Å². The number of fused-ring (bicyclic) bond motifs is 1. The number of ether oxygens (including phenoxy) is 1. The molecule has 3 rings (SSSR count). The summed E-state index contributed by atoms with van der Waals surface area (Å²) in [6.07, 6.45) is 2.03. The standard InChI is InChI=1S/C18H19N3O3S2/c1-2-24-17(23)10-12-11-25-18(19-12)21-15(22)8-5-9-16-20-13-6-3-4-7-14(13)26-16/h3-4,6-7,11H,2,5,8-10H2,1H3,(H,19,21,22). The second-order valence-electron chi connectivity index (χ2n) is 5.60. The van der Waals surface area contributed by atoms with Crippen molar-refractivity contribution < 1.29 is 14.3 Å². The van der Waals surface area contributed by atoms with E-state index in [0.29, 0.717) is 23.9 Å². The van der Waals surface area contributed by atoms with E-state index in [1.165, 1.54) is 16.0 Å². The molecule has 2 aromatic heterocycles. The fourth-order valence-electron chi connectivity index (χ4n) is 2.41. The highest BCUT2D eigenvalue weighted by Crippen LogP contribution is 2.23. The van der Waals surface area contributed by atoms with Gasteiger partial charge in [0.1, 0.15) is 0 Å². The summed E-state index contributed by atoms with van der Waals surface area (Å²) in [5.41, 5.74) is 1.62. The Balaban J connectivity index is 1.44. The largest absolute Gasteiger partial charge is 0.466 e. The first kappa shape index (κ1) is 18.5. The topological polar surface area (TPSA) is 81.2 Å². The number of nitrogens with zero attached hydrogens (tertiary/aromatic N) is 2. The Hall–Kier alpha value is -2.32. The summed E-state index contributed by atoms with van der Waals surface area (Å²) in [5.74, 6) is -0.394. The maximum absolute atomic E-state index is 12.1. The van der Waals surface area contributed by atoms with Crippen LogP contribution in [0.15, 0.2) is 29.6 Å². The SMILES string of the molecule is CCOC(=O)Cc1csc(NC(=O)CCCc2nc3ccccc3s2)n1. The molecule has 0 aliphatic rings. The molecule has 0 saturated carbocycles. The van der Waals surface area contributed by atoms with Crippen molar-refractivity contribution >= 4 is 49.9 Å². The number of thiazole rings is 2. The molecule has 3 aromatic rings. The summed E-state index contributed by atoms with van der Waals surface area (Å²) in [5, 5.41) is 6.09. The van der Waals surface area contributed by atoms with Gasteiger partial charge in [0.2, 0.25) is 5.91 Å². The second-order valence-corrected chi connectivity index (χ2v) is 7.58. The highest BCUT2D eigenvalue weighted by atomic mass is 32.1. The van der Waals surface area contributed by atoms with Crippen molar-refractivity contribution in [3.63, 3.8) is 0 Å². The van der Waals surface area contributed by atoms with E-state index >= 15 is 0 Å². The number of aromatic nitrogens is 2. The van der Waals surface area contributed by atoms with Crippen LogP contribution in [-0.4, -0.2) is 28.5 Å². The monoisotopic (exact) mass is 389 g/mol. The third kappa shape index (κ3) is 5.09. The summed E-state index contributed by atoms with van der Waals surface area (Å²) >= 11 is 2.98. The Bertz CT molecular complexity index is 871. The predicted molar refractivity (Wildman–Crippen MR) is 104 cm³/mol. The van der Waals surface area contributed by atoms with Crippen molar-refractivity contribution in [3.05, 3.63) is 40.3 Å². The number of benzene rings is 1. The van der Waals surface area contributed by atoms with Crippen molar-refractivity contribution in [1.82, 2.24) is 9.97 Å². The Morgan fingerprint density at radius 2 is 2.08 bits per heavy atom. The molecule has 0 radical (unpaired) electrons. The van der Waals surface area contributed by atoms with E-state index in [-0.39, 0.29) is 18.3 Å². The lowest BCUT2D eigenvalue weighted by atomic mass is 10.2. The lowest BCUT2D eigenvalue weighted by Gasteiger charge is -2.01. The summed E-state index contributed by atoms with van der Waals surface area (Å²) in [4.78, 5) is 32.3. The number of carbonyl (C=O) groups excluding carboxylic acids is 2. The second kappa shape index (κ2) is 8.86. The molecule has 0 saturated heterocycles. The zero-order valence-electron chi connectivity index (χ0n) is 14.4. The molecular formula is C18H19N3O3S2. The number of rotatable bonds is 8. The van der Waals surface area contributed by atoms with E-state index < -0.39 is 0 Å². The van der Waals surface area contributed by atoms with E-state index in [0.717, 1.165) is 23.4 Å². The van der Waals surface area contributed by atoms with Crippen LogP contribution in [0.25, 0.3) is 10.2 Å². The Morgan fingerprint density at radius 1 is 1.23 bits per heavy atom. The van der Waals surface area contributed by atoms with Gasteiger partial charge in [-0.1, -0.05) is 12.1 Å². The van der Waals surface area contributed by atoms with Crippen LogP contribution in [0.4, 0.5) is 5.13 Å². The summed E-state index contributed by atoms with van der Waals surface area (Å²) < 4.78 is 6.06. The van der Waals surface area contributed by atoms with Gasteiger partial charge in [-0.25, -0.2) is 9.97 Å². The Morgan fingerprint density at radius 3 is 2.88 bits per heavy atom. The molecule has 8 heteroatoms. The predicted octanol–water partition coefficient (Wildman–Crippen LogP) is 3.82. The number of aryl methyl sites for hydroxylation is 1. The van der Waals surface area contributed by atoms with Crippen molar-refractivity contribution in [2.75, 3.05) is 11.9 Å². The lowest BCUT2D eigenvalue weighted by molar-refractivity contribution is -0.142. The molecule has 26 heavy (non-hydrogen) atoms. The first-order valence-electron chi connectivity index (χ1n) is 8.38. The highest BCUT2D eigenvalue weighted by Gasteiger charge is 2.11. The minimum absolute atomic E-state index is 0.0804. The van der Waals surface area contributed by atoms with Gasteiger partial charge in [0.05, 0.1) is 33.9 Å². The average Bonchev–Trinajstić information content (AvgIpc) is 3.21. The molecule has 1 N–H and O–H groups in total. The van der Waals surface area contributed by atoms with E-state index in [1.54, 1.807) is 23.6 Å². The number of hydrogen-bond acceptors (Lipinski definition) is 7. The summed E-state index contributed by atoms with van der Waals surface area (Å²) in [7, 11) is 0. The van der Waals surface area contributed by atoms with Gasteiger partial charge < -0.3 is 10.1 Å². The van der Waals surface area contributed by atoms with Gasteiger partial charge in [-0.3, -0.25) is 9.59 Å². The number of esters is 1. The summed E-state index contributed by atoms with van der Waals surface area (Å²) in [6.45, 7) is 2.11. The zero-order valence-corrected chi connectivity index (χ0v) is 16.0. The van der Waals surface area contributed by atoms with Gasteiger partial charge >= 0.3 is 5.97 Å². The number of hydrogen-bond donors (Lipinski definition) is 1. The van der Waals surface area contributed by atoms with Crippen molar-refractivity contribution in [3.8, 4) is 0 Å². The quantitative estimate of drug-likeness (QED) is 0.592. The van der Waals surface area contributed by atoms with Crippen LogP contribution < -0.4 is 5.32 Å². The van der Waals surface area contributed by atoms with Crippen LogP contribution in [-0.2, 0) is 27.2 Å². The van der Waals surface area contributed by atoms with Crippen LogP contribution in [0.5, 0.6) is 0 Å². The Labute approximate surface area is 159 Å². The van der Waals surface area contributed by atoms with E-state index in [4.69, 9.17) is 4.74 Å². The molecule has 0 unspecified atom stereocenters. The van der Waals surface area contributed by atoms with Crippen LogP contribution in [0, 0.1) is 0 Å². The van der Waals surface area contributed by atoms with Gasteiger partial charge in [-0.05, 0) is 31.9 Å². The normalized spacial score (nSPS) is 10.8. The lowest BCUT2D eigenvalue weighted by Crippen LogP contribution is -2.12. The maximum Gasteiger partial charge on any atom is 0.311 e. The first-order chi connectivity index (χ1) is 12.6. The summed E-state index contributed by atoms with van der Waals surface area (Å²) in [6, 6.07) is 8.03. The molecule has 1 amide bonds.